The van der Waals surface area contributed by atoms with Crippen molar-refractivity contribution in [1.29, 1.82) is 0 Å². The third kappa shape index (κ3) is 3.06. The molecule has 0 saturated heterocycles. The van der Waals surface area contributed by atoms with Gasteiger partial charge in [-0.25, -0.2) is 0 Å². The predicted molar refractivity (Wildman–Crippen MR) is 41.3 cm³/mol. The van der Waals surface area contributed by atoms with Gasteiger partial charge in [0.25, 0.3) is 0 Å². The van der Waals surface area contributed by atoms with E-state index in [1.807, 2.05) is 13.8 Å². The molecular formula is C7H13ClO2. The molecule has 1 atom stereocenters. The molecule has 2 nitrogen and oxygen atoms in total. The second-order valence-corrected chi connectivity index (χ2v) is 3.93. The van der Waals surface area contributed by atoms with Crippen LogP contribution in [0.15, 0.2) is 0 Å². The van der Waals surface area contributed by atoms with Gasteiger partial charge in [0.15, 0.2) is 0 Å². The van der Waals surface area contributed by atoms with Crippen LogP contribution in [0.4, 0.5) is 0 Å². The van der Waals surface area contributed by atoms with Crippen LogP contribution in [0, 0.1) is 5.92 Å². The normalized spacial score (nSPS) is 16.9. The van der Waals surface area contributed by atoms with Crippen LogP contribution in [-0.2, 0) is 4.79 Å². The van der Waals surface area contributed by atoms with Gasteiger partial charge in [-0.05, 0) is 19.3 Å². The molecule has 0 aromatic carbocycles. The van der Waals surface area contributed by atoms with Gasteiger partial charge in [0.05, 0.1) is 0 Å². The van der Waals surface area contributed by atoms with E-state index in [-0.39, 0.29) is 0 Å². The van der Waals surface area contributed by atoms with Gasteiger partial charge in [0.1, 0.15) is 4.87 Å². The highest BCUT2D eigenvalue weighted by atomic mass is 35.5. The molecule has 0 bridgehead atoms. The molecule has 0 saturated carbocycles. The molecule has 0 spiro atoms. The van der Waals surface area contributed by atoms with Crippen molar-refractivity contribution in [3.05, 3.63) is 0 Å². The molecule has 1 N–H and O–H groups in total. The number of carbonyl (C=O) groups is 1. The molecule has 0 heterocycles. The summed E-state index contributed by atoms with van der Waals surface area (Å²) in [5.41, 5.74) is 0. The lowest BCUT2D eigenvalue weighted by molar-refractivity contribution is -0.140. The SMILES string of the molecule is CC(C)CC(C)(Cl)C(=O)O. The Bertz CT molecular complexity index is 130. The average Bonchev–Trinajstić information content (AvgIpc) is 1.60. The molecule has 0 aliphatic rings. The Morgan fingerprint density at radius 3 is 2.20 bits per heavy atom. The fourth-order valence-electron chi connectivity index (χ4n) is 0.854. The predicted octanol–water partition coefficient (Wildman–Crippen LogP) is 2.11. The smallest absolute Gasteiger partial charge is 0.324 e. The standard InChI is InChI=1S/C7H13ClO2/c1-5(2)4-7(3,8)6(9)10/h5H,4H2,1-3H3,(H,9,10). The van der Waals surface area contributed by atoms with Crippen LogP contribution in [-0.4, -0.2) is 16.0 Å². The molecular weight excluding hydrogens is 152 g/mol. The third-order valence-electron chi connectivity index (χ3n) is 1.24. The number of carboxylic acids is 1. The fraction of sp³-hybridized carbons (Fsp3) is 0.857. The van der Waals surface area contributed by atoms with E-state index in [2.05, 4.69) is 0 Å². The molecule has 3 heteroatoms. The first-order valence-corrected chi connectivity index (χ1v) is 3.66. The van der Waals surface area contributed by atoms with Crippen molar-refractivity contribution >= 4 is 17.6 Å². The third-order valence-corrected chi connectivity index (χ3v) is 1.55. The maximum Gasteiger partial charge on any atom is 0.324 e. The summed E-state index contributed by atoms with van der Waals surface area (Å²) < 4.78 is 0. The van der Waals surface area contributed by atoms with E-state index in [9.17, 15) is 4.79 Å². The molecule has 0 aromatic rings. The van der Waals surface area contributed by atoms with Crippen LogP contribution in [0.2, 0.25) is 0 Å². The van der Waals surface area contributed by atoms with Crippen molar-refractivity contribution in [3.63, 3.8) is 0 Å². The van der Waals surface area contributed by atoms with Crippen molar-refractivity contribution < 1.29 is 9.90 Å². The second kappa shape index (κ2) is 3.24. The van der Waals surface area contributed by atoms with E-state index < -0.39 is 10.8 Å². The topological polar surface area (TPSA) is 37.3 Å². The van der Waals surface area contributed by atoms with Crippen molar-refractivity contribution in [2.75, 3.05) is 0 Å². The Morgan fingerprint density at radius 1 is 1.70 bits per heavy atom. The summed E-state index contributed by atoms with van der Waals surface area (Å²) in [5, 5.41) is 8.56. The number of carboxylic acid groups (broad SMARTS) is 1. The summed E-state index contributed by atoms with van der Waals surface area (Å²) in [6.45, 7) is 5.42. The highest BCUT2D eigenvalue weighted by Crippen LogP contribution is 2.23. The first kappa shape index (κ1) is 9.76. The Labute approximate surface area is 66.2 Å². The largest absolute Gasteiger partial charge is 0.480 e. The van der Waals surface area contributed by atoms with Gasteiger partial charge in [-0.1, -0.05) is 13.8 Å². The van der Waals surface area contributed by atoms with E-state index in [1.54, 1.807) is 0 Å². The van der Waals surface area contributed by atoms with Crippen LogP contribution in [0.5, 0.6) is 0 Å². The zero-order chi connectivity index (χ0) is 8.36. The van der Waals surface area contributed by atoms with Crippen molar-refractivity contribution in [2.24, 2.45) is 5.92 Å². The van der Waals surface area contributed by atoms with Gasteiger partial charge in [0.2, 0.25) is 0 Å². The molecule has 1 unspecified atom stereocenters. The van der Waals surface area contributed by atoms with Gasteiger partial charge < -0.3 is 5.11 Å². The molecule has 0 rings (SSSR count). The van der Waals surface area contributed by atoms with Gasteiger partial charge in [-0.2, -0.15) is 0 Å². The van der Waals surface area contributed by atoms with Gasteiger partial charge >= 0.3 is 5.97 Å². The molecule has 0 aliphatic carbocycles. The Hall–Kier alpha value is -0.240. The van der Waals surface area contributed by atoms with E-state index in [0.29, 0.717) is 12.3 Å². The molecule has 0 aromatic heterocycles. The lowest BCUT2D eigenvalue weighted by atomic mass is 9.98. The summed E-state index contributed by atoms with van der Waals surface area (Å²) in [6.07, 6.45) is 0.504. The van der Waals surface area contributed by atoms with Gasteiger partial charge in [-0.15, -0.1) is 11.6 Å². The highest BCUT2D eigenvalue weighted by Gasteiger charge is 2.30. The van der Waals surface area contributed by atoms with Crippen LogP contribution in [0.1, 0.15) is 27.2 Å². The van der Waals surface area contributed by atoms with E-state index in [4.69, 9.17) is 16.7 Å². The molecule has 0 radical (unpaired) electrons. The van der Waals surface area contributed by atoms with Crippen molar-refractivity contribution in [2.45, 2.75) is 32.1 Å². The second-order valence-electron chi connectivity index (χ2n) is 3.10. The van der Waals surface area contributed by atoms with Crippen molar-refractivity contribution in [1.82, 2.24) is 0 Å². The zero-order valence-corrected chi connectivity index (χ0v) is 7.27. The van der Waals surface area contributed by atoms with Crippen LogP contribution in [0.25, 0.3) is 0 Å². The minimum absolute atomic E-state index is 0.318. The highest BCUT2D eigenvalue weighted by molar-refractivity contribution is 6.33. The van der Waals surface area contributed by atoms with Crippen LogP contribution >= 0.6 is 11.6 Å². The van der Waals surface area contributed by atoms with Gasteiger partial charge in [-0.3, -0.25) is 4.79 Å². The van der Waals surface area contributed by atoms with Crippen molar-refractivity contribution in [3.8, 4) is 0 Å². The molecule has 60 valence electrons. The summed E-state index contributed by atoms with van der Waals surface area (Å²) in [5.74, 6) is -0.624. The maximum absolute atomic E-state index is 10.4. The molecule has 0 fully saturated rings. The first-order valence-electron chi connectivity index (χ1n) is 3.28. The van der Waals surface area contributed by atoms with E-state index >= 15 is 0 Å². The lowest BCUT2D eigenvalue weighted by Gasteiger charge is -2.18. The molecule has 0 amide bonds. The quantitative estimate of drug-likeness (QED) is 0.649. The average molecular weight is 165 g/mol. The molecule has 10 heavy (non-hydrogen) atoms. The first-order chi connectivity index (χ1) is 4.36. The van der Waals surface area contributed by atoms with Crippen LogP contribution < -0.4 is 0 Å². The number of rotatable bonds is 3. The Balaban J connectivity index is 4.00. The fourth-order valence-corrected chi connectivity index (χ4v) is 1.16. The summed E-state index contributed by atoms with van der Waals surface area (Å²) in [7, 11) is 0. The van der Waals surface area contributed by atoms with E-state index in [1.165, 1.54) is 6.92 Å². The number of alkyl halides is 1. The monoisotopic (exact) mass is 164 g/mol. The minimum Gasteiger partial charge on any atom is -0.480 e. The summed E-state index contributed by atoms with van der Waals surface area (Å²) >= 11 is 5.67. The number of halogens is 1. The lowest BCUT2D eigenvalue weighted by Crippen LogP contribution is -2.29. The van der Waals surface area contributed by atoms with Crippen LogP contribution in [0.3, 0.4) is 0 Å². The summed E-state index contributed by atoms with van der Waals surface area (Å²) in [6, 6.07) is 0. The Kier molecular flexibility index (Phi) is 3.16. The maximum atomic E-state index is 10.4. The molecule has 0 aliphatic heterocycles. The summed E-state index contributed by atoms with van der Waals surface area (Å²) in [4.78, 5) is 9.34. The number of hydrogen-bond donors (Lipinski definition) is 1. The Morgan fingerprint density at radius 2 is 2.10 bits per heavy atom. The number of hydrogen-bond acceptors (Lipinski definition) is 1. The zero-order valence-electron chi connectivity index (χ0n) is 6.52. The minimum atomic E-state index is -1.09. The number of aliphatic carboxylic acids is 1. The van der Waals surface area contributed by atoms with E-state index in [0.717, 1.165) is 0 Å². The van der Waals surface area contributed by atoms with Gasteiger partial charge in [0, 0.05) is 0 Å².